The van der Waals surface area contributed by atoms with Gasteiger partial charge in [-0.2, -0.15) is 0 Å². The number of hydrogen-bond acceptors (Lipinski definition) is 3. The number of nitrogens with one attached hydrogen (secondary N) is 2. The third-order valence-corrected chi connectivity index (χ3v) is 4.04. The number of piperidine rings is 1. The number of amides is 3. The van der Waals surface area contributed by atoms with Crippen LogP contribution in [-0.2, 0) is 4.79 Å². The van der Waals surface area contributed by atoms with E-state index in [-0.39, 0.29) is 29.9 Å². The zero-order valence-corrected chi connectivity index (χ0v) is 14.4. The van der Waals surface area contributed by atoms with E-state index in [1.54, 1.807) is 4.90 Å². The van der Waals surface area contributed by atoms with Crippen LogP contribution in [0.5, 0.6) is 0 Å². The highest BCUT2D eigenvalue weighted by Crippen LogP contribution is 2.20. The molecular formula is C17H27N3O3. The topological polar surface area (TPSA) is 74.6 Å². The lowest BCUT2D eigenvalue weighted by Crippen LogP contribution is -2.50. The molecule has 23 heavy (non-hydrogen) atoms. The van der Waals surface area contributed by atoms with E-state index >= 15 is 0 Å². The summed E-state index contributed by atoms with van der Waals surface area (Å²) in [4.78, 5) is 26.3. The molecule has 1 saturated heterocycles. The first-order valence-corrected chi connectivity index (χ1v) is 8.29. The molecule has 0 aromatic carbocycles. The van der Waals surface area contributed by atoms with Gasteiger partial charge in [0.05, 0.1) is 12.0 Å². The molecule has 0 aliphatic carbocycles. The van der Waals surface area contributed by atoms with Crippen LogP contribution in [0.1, 0.15) is 51.2 Å². The molecular weight excluding hydrogens is 294 g/mol. The van der Waals surface area contributed by atoms with Gasteiger partial charge in [-0.3, -0.25) is 4.79 Å². The molecule has 0 spiro atoms. The Kier molecular flexibility index (Phi) is 5.69. The Morgan fingerprint density at radius 1 is 1.26 bits per heavy atom. The molecule has 0 saturated carbocycles. The van der Waals surface area contributed by atoms with Gasteiger partial charge in [0.2, 0.25) is 5.91 Å². The van der Waals surface area contributed by atoms with Crippen LogP contribution in [0.25, 0.3) is 0 Å². The summed E-state index contributed by atoms with van der Waals surface area (Å²) in [6, 6.07) is 3.60. The fourth-order valence-corrected chi connectivity index (χ4v) is 2.80. The van der Waals surface area contributed by atoms with Crippen LogP contribution >= 0.6 is 0 Å². The highest BCUT2D eigenvalue weighted by Gasteiger charge is 2.29. The van der Waals surface area contributed by atoms with Crippen molar-refractivity contribution in [2.75, 3.05) is 13.1 Å². The Morgan fingerprint density at radius 2 is 2.00 bits per heavy atom. The van der Waals surface area contributed by atoms with Crippen LogP contribution in [0.4, 0.5) is 4.79 Å². The number of furan rings is 1. The number of carbonyl (C=O) groups excluding carboxylic acids is 2. The number of hydrogen-bond donors (Lipinski definition) is 2. The molecule has 2 unspecified atom stereocenters. The summed E-state index contributed by atoms with van der Waals surface area (Å²) < 4.78 is 5.55. The lowest BCUT2D eigenvalue weighted by atomic mass is 9.97. The van der Waals surface area contributed by atoms with E-state index in [0.717, 1.165) is 24.4 Å². The van der Waals surface area contributed by atoms with Crippen molar-refractivity contribution in [3.8, 4) is 0 Å². The lowest BCUT2D eigenvalue weighted by Gasteiger charge is -2.33. The van der Waals surface area contributed by atoms with Crippen LogP contribution in [-0.4, -0.2) is 36.0 Å². The highest BCUT2D eigenvalue weighted by atomic mass is 16.3. The van der Waals surface area contributed by atoms with Crippen LogP contribution in [0.15, 0.2) is 16.5 Å². The normalized spacial score (nSPS) is 19.5. The second-order valence-corrected chi connectivity index (χ2v) is 6.57. The van der Waals surface area contributed by atoms with E-state index in [4.69, 9.17) is 4.42 Å². The standard InChI is InChI=1S/C17H27N3O3/c1-11(2)18-17(22)20-9-5-6-14(10-20)16(21)19-13(4)15-8-7-12(3)23-15/h7-8,11,13-14H,5-6,9-10H2,1-4H3,(H,18,22)(H,19,21). The summed E-state index contributed by atoms with van der Waals surface area (Å²) in [7, 11) is 0. The Morgan fingerprint density at radius 3 is 2.61 bits per heavy atom. The van der Waals surface area contributed by atoms with Crippen LogP contribution in [0, 0.1) is 12.8 Å². The van der Waals surface area contributed by atoms with Crippen LogP contribution in [0.2, 0.25) is 0 Å². The zero-order valence-electron chi connectivity index (χ0n) is 14.4. The Balaban J connectivity index is 1.90. The van der Waals surface area contributed by atoms with Gasteiger partial charge in [-0.25, -0.2) is 4.79 Å². The Hall–Kier alpha value is -1.98. The molecule has 2 rings (SSSR count). The second-order valence-electron chi connectivity index (χ2n) is 6.57. The fraction of sp³-hybridized carbons (Fsp3) is 0.647. The second kappa shape index (κ2) is 7.53. The van der Waals surface area contributed by atoms with Gasteiger partial charge in [-0.15, -0.1) is 0 Å². The largest absolute Gasteiger partial charge is 0.464 e. The summed E-state index contributed by atoms with van der Waals surface area (Å²) in [5.41, 5.74) is 0. The first-order chi connectivity index (χ1) is 10.9. The number of aryl methyl sites for hydroxylation is 1. The number of nitrogens with zero attached hydrogens (tertiary/aromatic N) is 1. The van der Waals surface area contributed by atoms with Crippen molar-refractivity contribution < 1.29 is 14.0 Å². The van der Waals surface area contributed by atoms with Gasteiger partial charge in [-0.1, -0.05) is 0 Å². The predicted octanol–water partition coefficient (Wildman–Crippen LogP) is 2.60. The molecule has 1 aromatic rings. The van der Waals surface area contributed by atoms with Crippen molar-refractivity contribution in [2.24, 2.45) is 5.92 Å². The molecule has 0 bridgehead atoms. The van der Waals surface area contributed by atoms with Crippen molar-refractivity contribution in [2.45, 2.75) is 52.6 Å². The predicted molar refractivity (Wildman–Crippen MR) is 88.0 cm³/mol. The maximum atomic E-state index is 12.5. The average Bonchev–Trinajstić information content (AvgIpc) is 2.93. The zero-order chi connectivity index (χ0) is 17.0. The number of likely N-dealkylation sites (tertiary alicyclic amines) is 1. The minimum Gasteiger partial charge on any atom is -0.464 e. The maximum absolute atomic E-state index is 12.5. The quantitative estimate of drug-likeness (QED) is 0.895. The molecule has 2 N–H and O–H groups in total. The monoisotopic (exact) mass is 321 g/mol. The summed E-state index contributed by atoms with van der Waals surface area (Å²) in [6.45, 7) is 8.81. The summed E-state index contributed by atoms with van der Waals surface area (Å²) >= 11 is 0. The van der Waals surface area contributed by atoms with E-state index in [9.17, 15) is 9.59 Å². The van der Waals surface area contributed by atoms with Crippen molar-refractivity contribution in [3.63, 3.8) is 0 Å². The number of urea groups is 1. The summed E-state index contributed by atoms with van der Waals surface area (Å²) in [5, 5.41) is 5.87. The van der Waals surface area contributed by atoms with Gasteiger partial charge < -0.3 is 20.0 Å². The highest BCUT2D eigenvalue weighted by molar-refractivity contribution is 5.81. The molecule has 3 amide bonds. The van der Waals surface area contributed by atoms with Gasteiger partial charge in [-0.05, 0) is 52.7 Å². The third-order valence-electron chi connectivity index (χ3n) is 4.04. The van der Waals surface area contributed by atoms with Crippen molar-refractivity contribution in [3.05, 3.63) is 23.7 Å². The molecule has 2 heterocycles. The molecule has 1 aliphatic rings. The number of rotatable bonds is 4. The minimum absolute atomic E-state index is 0.0198. The third kappa shape index (κ3) is 4.74. The Bertz CT molecular complexity index is 553. The Labute approximate surface area is 137 Å². The summed E-state index contributed by atoms with van der Waals surface area (Å²) in [5.74, 6) is 1.39. The van der Waals surface area contributed by atoms with Crippen LogP contribution in [0.3, 0.4) is 0 Å². The molecule has 1 aromatic heterocycles. The molecule has 6 heteroatoms. The van der Waals surface area contributed by atoms with E-state index in [1.165, 1.54) is 0 Å². The SMILES string of the molecule is Cc1ccc(C(C)NC(=O)C2CCCN(C(=O)NC(C)C)C2)o1. The van der Waals surface area contributed by atoms with Crippen molar-refractivity contribution >= 4 is 11.9 Å². The first kappa shape index (κ1) is 17.4. The van der Waals surface area contributed by atoms with E-state index in [1.807, 2.05) is 39.8 Å². The maximum Gasteiger partial charge on any atom is 0.317 e. The van der Waals surface area contributed by atoms with Crippen molar-refractivity contribution in [1.29, 1.82) is 0 Å². The van der Waals surface area contributed by atoms with Gasteiger partial charge in [0.15, 0.2) is 0 Å². The molecule has 2 atom stereocenters. The molecule has 1 fully saturated rings. The molecule has 6 nitrogen and oxygen atoms in total. The minimum atomic E-state index is -0.170. The van der Waals surface area contributed by atoms with Gasteiger partial charge in [0.1, 0.15) is 11.5 Å². The molecule has 128 valence electrons. The molecule has 0 radical (unpaired) electrons. The summed E-state index contributed by atoms with van der Waals surface area (Å²) in [6.07, 6.45) is 1.65. The van der Waals surface area contributed by atoms with E-state index < -0.39 is 0 Å². The van der Waals surface area contributed by atoms with Gasteiger partial charge in [0.25, 0.3) is 0 Å². The van der Waals surface area contributed by atoms with Crippen molar-refractivity contribution in [1.82, 2.24) is 15.5 Å². The number of carbonyl (C=O) groups is 2. The fourth-order valence-electron chi connectivity index (χ4n) is 2.80. The van der Waals surface area contributed by atoms with Crippen LogP contribution < -0.4 is 10.6 Å². The smallest absolute Gasteiger partial charge is 0.317 e. The van der Waals surface area contributed by atoms with Gasteiger partial charge >= 0.3 is 6.03 Å². The molecule has 1 aliphatic heterocycles. The van der Waals surface area contributed by atoms with Gasteiger partial charge in [0, 0.05) is 19.1 Å². The van der Waals surface area contributed by atoms with E-state index in [2.05, 4.69) is 10.6 Å². The first-order valence-electron chi connectivity index (χ1n) is 8.29. The lowest BCUT2D eigenvalue weighted by molar-refractivity contribution is -0.127. The van der Waals surface area contributed by atoms with E-state index in [0.29, 0.717) is 13.1 Å². The average molecular weight is 321 g/mol.